The fourth-order valence-electron chi connectivity index (χ4n) is 1.06. The van der Waals surface area contributed by atoms with Crippen molar-refractivity contribution in [2.45, 2.75) is 6.10 Å². The lowest BCUT2D eigenvalue weighted by Crippen LogP contribution is -2.24. The molecule has 6 heteroatoms. The maximum absolute atomic E-state index is 10.4. The van der Waals surface area contributed by atoms with Gasteiger partial charge in [0.05, 0.1) is 6.10 Å². The van der Waals surface area contributed by atoms with Gasteiger partial charge in [-0.15, -0.1) is 0 Å². The molecule has 1 heterocycles. The van der Waals surface area contributed by atoms with Crippen molar-refractivity contribution in [3.63, 3.8) is 0 Å². The van der Waals surface area contributed by atoms with Gasteiger partial charge in [0.1, 0.15) is 0 Å². The van der Waals surface area contributed by atoms with E-state index in [2.05, 4.69) is 6.58 Å². The molecule has 0 spiro atoms. The van der Waals surface area contributed by atoms with Crippen LogP contribution in [0.3, 0.4) is 0 Å². The second kappa shape index (κ2) is 3.81. The Balaban J connectivity index is 2.56. The summed E-state index contributed by atoms with van der Waals surface area (Å²) in [5.74, 6) is 0. The van der Waals surface area contributed by atoms with Gasteiger partial charge in [0.15, 0.2) is 0 Å². The summed E-state index contributed by atoms with van der Waals surface area (Å²) in [5.41, 5.74) is 0.851. The average Bonchev–Trinajstić information content (AvgIpc) is 2.31. The first-order valence-electron chi connectivity index (χ1n) is 3.20. The van der Waals surface area contributed by atoms with E-state index < -0.39 is 11.3 Å². The van der Waals surface area contributed by atoms with E-state index in [9.17, 15) is 8.76 Å². The van der Waals surface area contributed by atoms with Gasteiger partial charge in [-0.25, -0.2) is 4.31 Å². The Kier molecular flexibility index (Phi) is 3.25. The molecule has 1 rings (SSSR count). The van der Waals surface area contributed by atoms with E-state index in [0.29, 0.717) is 29.7 Å². The molecule has 1 aliphatic rings. The third-order valence-corrected chi connectivity index (χ3v) is 2.97. The van der Waals surface area contributed by atoms with Crippen molar-refractivity contribution in [3.8, 4) is 0 Å². The Labute approximate surface area is 76.4 Å². The van der Waals surface area contributed by atoms with Crippen molar-refractivity contribution < 1.29 is 12.6 Å². The predicted octanol–water partition coefficient (Wildman–Crippen LogP) is -1.41. The van der Waals surface area contributed by atoms with E-state index in [4.69, 9.17) is 3.79 Å². The van der Waals surface area contributed by atoms with E-state index in [-0.39, 0.29) is 6.10 Å². The number of hydrogen-bond acceptors (Lipinski definition) is 3. The van der Waals surface area contributed by atoms with E-state index in [1.165, 1.54) is 4.31 Å². The van der Waals surface area contributed by atoms with Gasteiger partial charge >= 0.3 is 16.6 Å². The highest BCUT2D eigenvalue weighted by atomic mass is 32.2. The van der Waals surface area contributed by atoms with Gasteiger partial charge in [0, 0.05) is 24.4 Å². The van der Waals surface area contributed by atoms with Gasteiger partial charge < -0.3 is 8.34 Å². The Morgan fingerprint density at radius 1 is 1.91 bits per heavy atom. The van der Waals surface area contributed by atoms with Crippen LogP contribution in [0.1, 0.15) is 0 Å². The molecule has 0 N–H and O–H groups in total. The summed E-state index contributed by atoms with van der Waals surface area (Å²) in [7, 11) is 0. The molecule has 4 nitrogen and oxygen atoms in total. The molecule has 0 aromatic rings. The van der Waals surface area contributed by atoms with Crippen molar-refractivity contribution in [1.82, 2.24) is 4.31 Å². The second-order valence-electron chi connectivity index (χ2n) is 2.42. The van der Waals surface area contributed by atoms with E-state index in [1.54, 1.807) is 0 Å². The fourth-order valence-corrected chi connectivity index (χ4v) is 2.07. The molecular formula is C5H9AlNO3S-. The first-order valence-corrected chi connectivity index (χ1v) is 5.04. The maximum Gasteiger partial charge on any atom is 0.410 e. The molecule has 1 fully saturated rings. The normalized spacial score (nSPS) is 29.2. The van der Waals surface area contributed by atoms with Gasteiger partial charge in [0.25, 0.3) is 0 Å². The van der Waals surface area contributed by atoms with Gasteiger partial charge in [0.2, 0.25) is 0 Å². The lowest BCUT2D eigenvalue weighted by atomic mass is 10.2. The summed E-state index contributed by atoms with van der Waals surface area (Å²) >= 11 is -1.51. The van der Waals surface area contributed by atoms with Crippen LogP contribution in [-0.4, -0.2) is 48.9 Å². The van der Waals surface area contributed by atoms with E-state index >= 15 is 0 Å². The average molecular weight is 190 g/mol. The van der Waals surface area contributed by atoms with Crippen LogP contribution in [0, 0.1) is 0 Å². The zero-order chi connectivity index (χ0) is 8.43. The Morgan fingerprint density at radius 3 is 2.82 bits per heavy atom. The third-order valence-electron chi connectivity index (χ3n) is 1.70. The van der Waals surface area contributed by atoms with Crippen molar-refractivity contribution >= 4 is 27.9 Å². The summed E-state index contributed by atoms with van der Waals surface area (Å²) in [5, 5.41) is 0. The van der Waals surface area contributed by atoms with Gasteiger partial charge in [-0.1, -0.05) is 6.58 Å². The Morgan fingerprint density at radius 2 is 2.55 bits per heavy atom. The highest BCUT2D eigenvalue weighted by Crippen LogP contribution is 2.16. The van der Waals surface area contributed by atoms with Gasteiger partial charge in [-0.3, -0.25) is 4.21 Å². The Bertz CT molecular complexity index is 198. The van der Waals surface area contributed by atoms with Crippen molar-refractivity contribution in [2.24, 2.45) is 0 Å². The first-order chi connectivity index (χ1) is 5.15. The molecular weight excluding hydrogens is 181 g/mol. The molecule has 0 saturated carbocycles. The second-order valence-corrected chi connectivity index (χ2v) is 3.84. The third kappa shape index (κ3) is 2.12. The van der Waals surface area contributed by atoms with Crippen molar-refractivity contribution in [1.29, 1.82) is 0 Å². The van der Waals surface area contributed by atoms with E-state index in [0.717, 1.165) is 5.57 Å². The van der Waals surface area contributed by atoms with E-state index in [1.807, 2.05) is 0 Å². The number of nitrogens with zero attached hydrogens (tertiary/aromatic N) is 1. The van der Waals surface area contributed by atoms with Crippen LogP contribution >= 0.6 is 0 Å². The fraction of sp³-hybridized carbons (Fsp3) is 0.600. The quantitative estimate of drug-likeness (QED) is 0.305. The van der Waals surface area contributed by atoms with Gasteiger partial charge in [-0.2, -0.15) is 0 Å². The Hall–Kier alpha value is 0.302. The van der Waals surface area contributed by atoms with Crippen LogP contribution in [-0.2, 0) is 15.1 Å². The highest BCUT2D eigenvalue weighted by Gasteiger charge is 2.24. The van der Waals surface area contributed by atoms with Crippen LogP contribution in [0.25, 0.3) is 0 Å². The summed E-state index contributed by atoms with van der Waals surface area (Å²) in [6, 6.07) is 0. The number of rotatable bonds is 2. The van der Waals surface area contributed by atoms with Crippen LogP contribution in [0.15, 0.2) is 12.2 Å². The largest absolute Gasteiger partial charge is 0.760 e. The molecule has 0 radical (unpaired) electrons. The van der Waals surface area contributed by atoms with Crippen LogP contribution < -0.4 is 0 Å². The topological polar surface area (TPSA) is 52.6 Å². The summed E-state index contributed by atoms with van der Waals surface area (Å²) < 4.78 is 27.3. The highest BCUT2D eigenvalue weighted by molar-refractivity contribution is 7.76. The molecule has 62 valence electrons. The lowest BCUT2D eigenvalue weighted by Gasteiger charge is -2.17. The zero-order valence-corrected chi connectivity index (χ0v) is 9.10. The van der Waals surface area contributed by atoms with Crippen LogP contribution in [0.4, 0.5) is 0 Å². The molecule has 0 aromatic carbocycles. The maximum atomic E-state index is 10.4. The zero-order valence-electron chi connectivity index (χ0n) is 6.28. The number of hydrogen-bond donors (Lipinski definition) is 0. The minimum atomic E-state index is -2.13. The smallest absolute Gasteiger partial charge is 0.410 e. The lowest BCUT2D eigenvalue weighted by molar-refractivity contribution is 0.263. The summed E-state index contributed by atoms with van der Waals surface area (Å²) in [6.07, 6.45) is -0.0698. The minimum Gasteiger partial charge on any atom is -0.760 e. The molecule has 0 aromatic heterocycles. The summed E-state index contributed by atoms with van der Waals surface area (Å²) in [6.45, 7) is 4.56. The molecule has 1 saturated heterocycles. The van der Waals surface area contributed by atoms with Crippen LogP contribution in [0.2, 0.25) is 0 Å². The molecule has 11 heavy (non-hydrogen) atoms. The van der Waals surface area contributed by atoms with Crippen molar-refractivity contribution in [2.75, 3.05) is 13.1 Å². The molecule has 2 atom stereocenters. The molecule has 0 bridgehead atoms. The molecule has 1 unspecified atom stereocenters. The molecule has 0 amide bonds. The SMILES string of the molecule is C=C1CN(S(=O)[O-])C[C@@H]1[O][AlH2]. The first kappa shape index (κ1) is 9.39. The standard InChI is InChI=1S/C5H8NO3S.Al.2H/c1-4-2-6(10(8)9)3-5(4)7;;;/h5H,1-3H2,(H,8,9);;;/q-1;+1;;/p-1/t5-;;;/m0.../s1. The summed E-state index contributed by atoms with van der Waals surface area (Å²) in [4.78, 5) is 0. The molecule has 1 aliphatic heterocycles. The minimum absolute atomic E-state index is 0.0698. The van der Waals surface area contributed by atoms with Crippen molar-refractivity contribution in [3.05, 3.63) is 12.2 Å². The van der Waals surface area contributed by atoms with Crippen LogP contribution in [0.5, 0.6) is 0 Å². The molecule has 0 aliphatic carbocycles. The van der Waals surface area contributed by atoms with Gasteiger partial charge in [-0.05, 0) is 5.57 Å². The monoisotopic (exact) mass is 190 g/mol. The predicted molar refractivity (Wildman–Crippen MR) is 43.0 cm³/mol.